The number of carbonyl (C=O) groups excluding carboxylic acids is 1. The summed E-state index contributed by atoms with van der Waals surface area (Å²) in [6, 6.07) is 7.37. The second-order valence-corrected chi connectivity index (χ2v) is 9.19. The highest BCUT2D eigenvalue weighted by Gasteiger charge is 2.32. The zero-order chi connectivity index (χ0) is 23.7. The van der Waals surface area contributed by atoms with Crippen LogP contribution in [0.4, 0.5) is 33.3 Å². The molecule has 1 aliphatic heterocycles. The molecule has 0 aliphatic carbocycles. The number of anilines is 2. The van der Waals surface area contributed by atoms with Gasteiger partial charge in [-0.15, -0.1) is 0 Å². The predicted molar refractivity (Wildman–Crippen MR) is 109 cm³/mol. The van der Waals surface area contributed by atoms with Crippen LogP contribution in [0.1, 0.15) is 5.56 Å². The van der Waals surface area contributed by atoms with E-state index in [4.69, 9.17) is 0 Å². The van der Waals surface area contributed by atoms with Crippen LogP contribution in [-0.2, 0) is 21.0 Å². The average Bonchev–Trinajstić information content (AvgIpc) is 2.73. The Bertz CT molecular complexity index is 1100. The molecule has 0 N–H and O–H groups in total. The molecule has 0 saturated carbocycles. The highest BCUT2D eigenvalue weighted by molar-refractivity contribution is 7.92. The third kappa shape index (κ3) is 5.47. The number of sulfonamides is 1. The molecule has 1 aliphatic rings. The average molecular weight is 477 g/mol. The number of amides is 1. The molecule has 6 nitrogen and oxygen atoms in total. The van der Waals surface area contributed by atoms with Gasteiger partial charge in [-0.05, 0) is 30.3 Å². The van der Waals surface area contributed by atoms with Crippen LogP contribution in [0.3, 0.4) is 0 Å². The minimum atomic E-state index is -4.47. The van der Waals surface area contributed by atoms with E-state index in [1.54, 1.807) is 11.0 Å². The molecular formula is C20H20F5N3O3S. The van der Waals surface area contributed by atoms with Gasteiger partial charge < -0.3 is 9.80 Å². The van der Waals surface area contributed by atoms with Crippen molar-refractivity contribution >= 4 is 27.3 Å². The van der Waals surface area contributed by atoms with Crippen molar-refractivity contribution < 1.29 is 35.2 Å². The van der Waals surface area contributed by atoms with Gasteiger partial charge in [-0.2, -0.15) is 13.2 Å². The Morgan fingerprint density at radius 2 is 1.66 bits per heavy atom. The molecule has 2 aromatic rings. The lowest BCUT2D eigenvalue weighted by Crippen LogP contribution is -2.52. The first-order chi connectivity index (χ1) is 14.9. The molecule has 1 heterocycles. The van der Waals surface area contributed by atoms with E-state index in [0.29, 0.717) is 16.1 Å². The van der Waals surface area contributed by atoms with Gasteiger partial charge in [0.05, 0.1) is 17.5 Å². The van der Waals surface area contributed by atoms with Crippen LogP contribution >= 0.6 is 0 Å². The Morgan fingerprint density at radius 1 is 1.00 bits per heavy atom. The summed E-state index contributed by atoms with van der Waals surface area (Å²) >= 11 is 0. The second-order valence-electron chi connectivity index (χ2n) is 7.28. The van der Waals surface area contributed by atoms with Gasteiger partial charge in [0.1, 0.15) is 6.54 Å². The number of rotatable bonds is 5. The number of hydrogen-bond donors (Lipinski definition) is 0. The Morgan fingerprint density at radius 3 is 2.22 bits per heavy atom. The van der Waals surface area contributed by atoms with Crippen LogP contribution < -0.4 is 9.21 Å². The van der Waals surface area contributed by atoms with E-state index in [9.17, 15) is 35.2 Å². The number of carbonyl (C=O) groups is 1. The molecule has 0 radical (unpaired) electrons. The zero-order valence-corrected chi connectivity index (χ0v) is 17.8. The van der Waals surface area contributed by atoms with Crippen molar-refractivity contribution in [3.63, 3.8) is 0 Å². The lowest BCUT2D eigenvalue weighted by Gasteiger charge is -2.37. The topological polar surface area (TPSA) is 60.9 Å². The quantitative estimate of drug-likeness (QED) is 0.621. The number of alkyl halides is 3. The minimum absolute atomic E-state index is 0.157. The summed E-state index contributed by atoms with van der Waals surface area (Å²) < 4.78 is 90.5. The number of halogens is 5. The van der Waals surface area contributed by atoms with Gasteiger partial charge in [-0.25, -0.2) is 17.2 Å². The SMILES string of the molecule is CS(=O)(=O)N(CC(=O)N1CCN(c2cccc(C(F)(F)F)c2)CC1)c1ccc(F)c(F)c1. The number of benzene rings is 2. The van der Waals surface area contributed by atoms with E-state index in [1.807, 2.05) is 0 Å². The summed E-state index contributed by atoms with van der Waals surface area (Å²) in [5.74, 6) is -2.97. The first kappa shape index (κ1) is 23.8. The van der Waals surface area contributed by atoms with Crippen LogP contribution in [0.2, 0.25) is 0 Å². The maximum atomic E-state index is 13.6. The van der Waals surface area contributed by atoms with Crippen LogP contribution in [0, 0.1) is 11.6 Å². The zero-order valence-electron chi connectivity index (χ0n) is 16.9. The molecule has 0 bridgehead atoms. The van der Waals surface area contributed by atoms with E-state index >= 15 is 0 Å². The fourth-order valence-electron chi connectivity index (χ4n) is 3.36. The molecule has 0 unspecified atom stereocenters. The fraction of sp³-hybridized carbons (Fsp3) is 0.350. The van der Waals surface area contributed by atoms with E-state index < -0.39 is 45.8 Å². The lowest BCUT2D eigenvalue weighted by atomic mass is 10.1. The van der Waals surface area contributed by atoms with Crippen molar-refractivity contribution in [3.8, 4) is 0 Å². The molecule has 3 rings (SSSR count). The number of piperazine rings is 1. The Balaban J connectivity index is 1.68. The predicted octanol–water partition coefficient (Wildman–Crippen LogP) is 3.10. The van der Waals surface area contributed by atoms with Gasteiger partial charge >= 0.3 is 6.18 Å². The van der Waals surface area contributed by atoms with Crippen LogP contribution in [0.5, 0.6) is 0 Å². The van der Waals surface area contributed by atoms with Gasteiger partial charge in [-0.1, -0.05) is 6.07 Å². The van der Waals surface area contributed by atoms with Crippen LogP contribution in [0.15, 0.2) is 42.5 Å². The maximum Gasteiger partial charge on any atom is 0.416 e. The first-order valence-corrected chi connectivity index (χ1v) is 11.3. The third-order valence-corrected chi connectivity index (χ3v) is 6.18. The molecule has 2 aromatic carbocycles. The van der Waals surface area contributed by atoms with E-state index in [-0.39, 0.29) is 31.9 Å². The van der Waals surface area contributed by atoms with Gasteiger partial charge in [0.25, 0.3) is 0 Å². The molecule has 0 spiro atoms. The Kier molecular flexibility index (Phi) is 6.63. The van der Waals surface area contributed by atoms with Crippen molar-refractivity contribution in [1.29, 1.82) is 0 Å². The highest BCUT2D eigenvalue weighted by Crippen LogP contribution is 2.32. The molecule has 0 atom stereocenters. The molecule has 1 amide bonds. The number of hydrogen-bond acceptors (Lipinski definition) is 4. The van der Waals surface area contributed by atoms with Crippen molar-refractivity contribution in [1.82, 2.24) is 4.90 Å². The summed E-state index contributed by atoms with van der Waals surface area (Å²) in [5, 5.41) is 0. The summed E-state index contributed by atoms with van der Waals surface area (Å²) in [7, 11) is -3.97. The Labute approximate surface area is 181 Å². The van der Waals surface area contributed by atoms with E-state index in [2.05, 4.69) is 0 Å². The van der Waals surface area contributed by atoms with Crippen LogP contribution in [0.25, 0.3) is 0 Å². The van der Waals surface area contributed by atoms with Gasteiger partial charge in [0.15, 0.2) is 11.6 Å². The smallest absolute Gasteiger partial charge is 0.368 e. The fourth-order valence-corrected chi connectivity index (χ4v) is 4.20. The summed E-state index contributed by atoms with van der Waals surface area (Å²) in [4.78, 5) is 15.8. The molecule has 0 aromatic heterocycles. The van der Waals surface area contributed by atoms with Crippen LogP contribution in [-0.4, -0.2) is 58.2 Å². The van der Waals surface area contributed by atoms with E-state index in [0.717, 1.165) is 30.5 Å². The monoisotopic (exact) mass is 477 g/mol. The normalized spacial score (nSPS) is 15.1. The number of nitrogens with zero attached hydrogens (tertiary/aromatic N) is 3. The van der Waals surface area contributed by atoms with Gasteiger partial charge in [-0.3, -0.25) is 9.10 Å². The highest BCUT2D eigenvalue weighted by atomic mass is 32.2. The van der Waals surface area contributed by atoms with E-state index in [1.165, 1.54) is 11.0 Å². The van der Waals surface area contributed by atoms with Crippen molar-refractivity contribution in [2.24, 2.45) is 0 Å². The molecule has 1 fully saturated rings. The first-order valence-electron chi connectivity index (χ1n) is 9.49. The van der Waals surface area contributed by atoms with Crippen molar-refractivity contribution in [2.75, 3.05) is 48.2 Å². The molecule has 1 saturated heterocycles. The van der Waals surface area contributed by atoms with Gasteiger partial charge in [0, 0.05) is 37.9 Å². The molecule has 32 heavy (non-hydrogen) atoms. The largest absolute Gasteiger partial charge is 0.416 e. The molecular weight excluding hydrogens is 457 g/mol. The molecule has 12 heteroatoms. The maximum absolute atomic E-state index is 13.6. The summed E-state index contributed by atoms with van der Waals surface area (Å²) in [5.41, 5.74) is -0.599. The minimum Gasteiger partial charge on any atom is -0.368 e. The second kappa shape index (κ2) is 8.93. The van der Waals surface area contributed by atoms with Crippen molar-refractivity contribution in [2.45, 2.75) is 6.18 Å². The standard InChI is InChI=1S/C20H20F5N3O3S/c1-32(30,31)28(16-5-6-17(21)18(22)12-16)13-19(29)27-9-7-26(8-10-27)15-4-2-3-14(11-15)20(23,24)25/h2-6,11-12H,7-10,13H2,1H3. The third-order valence-electron chi connectivity index (χ3n) is 5.04. The summed E-state index contributed by atoms with van der Waals surface area (Å²) in [6.07, 6.45) is -3.63. The molecule has 174 valence electrons. The lowest BCUT2D eigenvalue weighted by molar-refractivity contribution is -0.137. The Hall–Kier alpha value is -2.89. The van der Waals surface area contributed by atoms with Gasteiger partial charge in [0.2, 0.25) is 15.9 Å². The summed E-state index contributed by atoms with van der Waals surface area (Å²) in [6.45, 7) is 0.191. The van der Waals surface area contributed by atoms with Crippen molar-refractivity contribution in [3.05, 3.63) is 59.7 Å².